The largest absolute Gasteiger partial charge is 0.362 e. The van der Waals surface area contributed by atoms with E-state index < -0.39 is 7.74 Å². The lowest BCUT2D eigenvalue weighted by Gasteiger charge is -2.21. The topological polar surface area (TPSA) is 52.9 Å². The van der Waals surface area contributed by atoms with Crippen LogP contribution in [0.2, 0.25) is 0 Å². The van der Waals surface area contributed by atoms with Crippen molar-refractivity contribution in [3.05, 3.63) is 23.9 Å². The molecule has 1 rings (SSSR count). The van der Waals surface area contributed by atoms with Crippen molar-refractivity contribution in [3.63, 3.8) is 0 Å². The lowest BCUT2D eigenvalue weighted by molar-refractivity contribution is 0.163. The molecule has 0 bridgehead atoms. The molecule has 0 amide bonds. The smallest absolute Gasteiger partial charge is 0.303 e. The standard InChI is InChI=1S/C12H21N2O3P/c1-5-15-18(16-6-2,17-7-3)14-12-10-8-9-11(4)13-12/h8-10H,5-7H2,1-4H3. The third kappa shape index (κ3) is 4.50. The molecule has 0 spiro atoms. The van der Waals surface area contributed by atoms with Gasteiger partial charge >= 0.3 is 7.74 Å². The molecule has 5 nitrogen and oxygen atoms in total. The maximum atomic E-state index is 5.61. The molecule has 0 aliphatic rings. The third-order valence-corrected chi connectivity index (χ3v) is 4.18. The van der Waals surface area contributed by atoms with Crippen molar-refractivity contribution in [2.45, 2.75) is 27.7 Å². The number of aryl methyl sites for hydroxylation is 1. The van der Waals surface area contributed by atoms with Crippen LogP contribution < -0.4 is 0 Å². The van der Waals surface area contributed by atoms with Crippen LogP contribution >= 0.6 is 7.74 Å². The highest BCUT2D eigenvalue weighted by atomic mass is 31.2. The lowest BCUT2D eigenvalue weighted by atomic mass is 10.4. The Morgan fingerprint density at radius 1 is 1.06 bits per heavy atom. The Kier molecular flexibility index (Phi) is 6.50. The molecule has 1 aromatic rings. The average molecular weight is 272 g/mol. The summed E-state index contributed by atoms with van der Waals surface area (Å²) in [6.07, 6.45) is 0. The van der Waals surface area contributed by atoms with Crippen LogP contribution in [0.3, 0.4) is 0 Å². The van der Waals surface area contributed by atoms with Gasteiger partial charge in [-0.1, -0.05) is 6.07 Å². The van der Waals surface area contributed by atoms with E-state index in [2.05, 4.69) is 9.73 Å². The molecular weight excluding hydrogens is 251 g/mol. The van der Waals surface area contributed by atoms with Gasteiger partial charge in [-0.15, -0.1) is 0 Å². The molecule has 0 aromatic carbocycles. The van der Waals surface area contributed by atoms with Gasteiger partial charge in [0.2, 0.25) is 0 Å². The van der Waals surface area contributed by atoms with Gasteiger partial charge in [-0.2, -0.15) is 4.74 Å². The zero-order chi connectivity index (χ0) is 13.4. The number of hydrogen-bond acceptors (Lipinski definition) is 5. The molecule has 1 heterocycles. The second-order valence-electron chi connectivity index (χ2n) is 3.46. The maximum absolute atomic E-state index is 5.61. The van der Waals surface area contributed by atoms with E-state index in [-0.39, 0.29) is 0 Å². The lowest BCUT2D eigenvalue weighted by Crippen LogP contribution is -2.00. The van der Waals surface area contributed by atoms with Crippen molar-refractivity contribution >= 4 is 13.6 Å². The van der Waals surface area contributed by atoms with E-state index in [9.17, 15) is 0 Å². The van der Waals surface area contributed by atoms with Crippen LogP contribution in [0.15, 0.2) is 22.9 Å². The molecule has 0 atom stereocenters. The SMILES string of the molecule is CCOP(=Nc1cccc(C)n1)(OCC)OCC. The van der Waals surface area contributed by atoms with Crippen molar-refractivity contribution in [2.75, 3.05) is 19.8 Å². The first kappa shape index (κ1) is 15.3. The molecule has 0 unspecified atom stereocenters. The number of nitrogens with zero attached hydrogens (tertiary/aromatic N) is 2. The molecular formula is C12H21N2O3P. The molecule has 102 valence electrons. The molecule has 0 N–H and O–H groups in total. The van der Waals surface area contributed by atoms with Gasteiger partial charge in [0.05, 0.1) is 19.8 Å². The summed E-state index contributed by atoms with van der Waals surface area (Å²) in [6, 6.07) is 5.64. The van der Waals surface area contributed by atoms with Crippen molar-refractivity contribution in [1.82, 2.24) is 4.98 Å². The molecule has 0 saturated heterocycles. The third-order valence-electron chi connectivity index (χ3n) is 1.98. The maximum Gasteiger partial charge on any atom is 0.362 e. The normalized spacial score (nSPS) is 11.6. The van der Waals surface area contributed by atoms with Crippen LogP contribution in [-0.4, -0.2) is 24.8 Å². The Balaban J connectivity index is 3.13. The van der Waals surface area contributed by atoms with Crippen molar-refractivity contribution in [3.8, 4) is 0 Å². The Hall–Kier alpha value is -0.740. The Morgan fingerprint density at radius 2 is 1.61 bits per heavy atom. The van der Waals surface area contributed by atoms with E-state index >= 15 is 0 Å². The first-order valence-corrected chi connectivity index (χ1v) is 7.65. The average Bonchev–Trinajstić information content (AvgIpc) is 2.30. The summed E-state index contributed by atoms with van der Waals surface area (Å²) >= 11 is 0. The predicted molar refractivity (Wildman–Crippen MR) is 72.9 cm³/mol. The van der Waals surface area contributed by atoms with Gasteiger partial charge in [0.25, 0.3) is 0 Å². The van der Waals surface area contributed by atoms with Gasteiger partial charge in [0.15, 0.2) is 5.82 Å². The molecule has 0 fully saturated rings. The molecule has 18 heavy (non-hydrogen) atoms. The highest BCUT2D eigenvalue weighted by Crippen LogP contribution is 2.54. The van der Waals surface area contributed by atoms with E-state index in [1.165, 1.54) is 0 Å². The highest BCUT2D eigenvalue weighted by Gasteiger charge is 2.22. The van der Waals surface area contributed by atoms with Crippen molar-refractivity contribution in [2.24, 2.45) is 4.74 Å². The minimum absolute atomic E-state index is 0.489. The van der Waals surface area contributed by atoms with E-state index in [1.54, 1.807) is 0 Å². The number of pyridine rings is 1. The monoisotopic (exact) mass is 272 g/mol. The second kappa shape index (κ2) is 7.64. The fourth-order valence-corrected chi connectivity index (χ4v) is 3.14. The van der Waals surface area contributed by atoms with Crippen LogP contribution in [0.25, 0.3) is 0 Å². The summed E-state index contributed by atoms with van der Waals surface area (Å²) in [5.41, 5.74) is 0.902. The van der Waals surface area contributed by atoms with Gasteiger partial charge in [0.1, 0.15) is 0 Å². The number of rotatable bonds is 7. The van der Waals surface area contributed by atoms with Gasteiger partial charge in [-0.05, 0) is 39.8 Å². The van der Waals surface area contributed by atoms with Crippen molar-refractivity contribution < 1.29 is 13.6 Å². The van der Waals surface area contributed by atoms with Crippen LogP contribution in [-0.2, 0) is 13.6 Å². The van der Waals surface area contributed by atoms with E-state index in [1.807, 2.05) is 45.9 Å². The number of aromatic nitrogens is 1. The zero-order valence-electron chi connectivity index (χ0n) is 11.4. The van der Waals surface area contributed by atoms with E-state index in [0.717, 1.165) is 5.69 Å². The van der Waals surface area contributed by atoms with Gasteiger partial charge in [-0.3, -0.25) is 0 Å². The van der Waals surface area contributed by atoms with Gasteiger partial charge in [-0.25, -0.2) is 4.98 Å². The predicted octanol–water partition coefficient (Wildman–Crippen LogP) is 4.08. The van der Waals surface area contributed by atoms with Crippen LogP contribution in [0, 0.1) is 6.92 Å². The minimum atomic E-state index is -2.68. The quantitative estimate of drug-likeness (QED) is 0.702. The molecule has 0 aliphatic carbocycles. The summed E-state index contributed by atoms with van der Waals surface area (Å²) in [7, 11) is -2.68. The fourth-order valence-electron chi connectivity index (χ4n) is 1.40. The molecule has 0 aliphatic heterocycles. The zero-order valence-corrected chi connectivity index (χ0v) is 12.3. The summed E-state index contributed by atoms with van der Waals surface area (Å²) < 4.78 is 21.3. The minimum Gasteiger partial charge on any atom is -0.303 e. The second-order valence-corrected chi connectivity index (χ2v) is 5.37. The van der Waals surface area contributed by atoms with E-state index in [0.29, 0.717) is 25.6 Å². The molecule has 0 radical (unpaired) electrons. The van der Waals surface area contributed by atoms with E-state index in [4.69, 9.17) is 13.6 Å². The van der Waals surface area contributed by atoms with Crippen LogP contribution in [0.5, 0.6) is 0 Å². The van der Waals surface area contributed by atoms with Crippen LogP contribution in [0.1, 0.15) is 26.5 Å². The number of hydrogen-bond donors (Lipinski definition) is 0. The Morgan fingerprint density at radius 3 is 2.06 bits per heavy atom. The summed E-state index contributed by atoms with van der Waals surface area (Å²) in [5, 5.41) is 0. The van der Waals surface area contributed by atoms with Gasteiger partial charge < -0.3 is 13.6 Å². The Bertz CT molecular complexity index is 400. The first-order valence-electron chi connectivity index (χ1n) is 6.15. The molecule has 6 heteroatoms. The van der Waals surface area contributed by atoms with Gasteiger partial charge in [0, 0.05) is 5.69 Å². The first-order chi connectivity index (χ1) is 8.65. The fraction of sp³-hybridized carbons (Fsp3) is 0.583. The Labute approximate surface area is 109 Å². The molecule has 0 saturated carbocycles. The summed E-state index contributed by atoms with van der Waals surface area (Å²) in [4.78, 5) is 4.33. The van der Waals surface area contributed by atoms with Crippen molar-refractivity contribution in [1.29, 1.82) is 0 Å². The summed E-state index contributed by atoms with van der Waals surface area (Å²) in [5.74, 6) is 0.582. The molecule has 1 aromatic heterocycles. The highest BCUT2D eigenvalue weighted by molar-refractivity contribution is 7.51. The summed E-state index contributed by atoms with van der Waals surface area (Å²) in [6.45, 7) is 9.07. The van der Waals surface area contributed by atoms with Crippen LogP contribution in [0.4, 0.5) is 5.82 Å².